The molecule has 1 saturated carbocycles. The molecule has 1 aliphatic carbocycles. The van der Waals surface area contributed by atoms with Crippen molar-refractivity contribution < 1.29 is 8.42 Å². The van der Waals surface area contributed by atoms with Crippen molar-refractivity contribution in [3.05, 3.63) is 29.8 Å². The van der Waals surface area contributed by atoms with E-state index in [1.54, 1.807) is 16.4 Å². The molecule has 3 fully saturated rings. The zero-order valence-electron chi connectivity index (χ0n) is 17.5. The molecule has 2 aliphatic heterocycles. The van der Waals surface area contributed by atoms with Gasteiger partial charge >= 0.3 is 0 Å². The third-order valence-corrected chi connectivity index (χ3v) is 8.56. The Kier molecular flexibility index (Phi) is 6.44. The van der Waals surface area contributed by atoms with E-state index in [-0.39, 0.29) is 0 Å². The van der Waals surface area contributed by atoms with E-state index in [0.717, 1.165) is 55.8 Å². The number of sulfonamides is 1. The van der Waals surface area contributed by atoms with Gasteiger partial charge in [0.25, 0.3) is 0 Å². The van der Waals surface area contributed by atoms with Gasteiger partial charge in [-0.2, -0.15) is 4.31 Å². The third-order valence-electron chi connectivity index (χ3n) is 6.65. The first kappa shape index (κ1) is 20.7. The van der Waals surface area contributed by atoms with Crippen LogP contribution >= 0.6 is 0 Å². The van der Waals surface area contributed by atoms with Crippen molar-refractivity contribution in [2.75, 3.05) is 32.7 Å². The molecule has 2 saturated heterocycles. The van der Waals surface area contributed by atoms with E-state index in [9.17, 15) is 8.42 Å². The summed E-state index contributed by atoms with van der Waals surface area (Å²) in [4.78, 5) is 7.68. The number of hydrogen-bond donors (Lipinski definition) is 1. The van der Waals surface area contributed by atoms with E-state index in [1.165, 1.54) is 25.7 Å². The summed E-state index contributed by atoms with van der Waals surface area (Å²) in [7, 11) is -3.34. The Hall–Kier alpha value is -1.60. The molecule has 1 N–H and O–H groups in total. The van der Waals surface area contributed by atoms with Crippen LogP contribution in [0, 0.1) is 11.8 Å². The lowest BCUT2D eigenvalue weighted by Gasteiger charge is -2.22. The lowest BCUT2D eigenvalue weighted by molar-refractivity contribution is 0.299. The van der Waals surface area contributed by atoms with Crippen molar-refractivity contribution in [3.63, 3.8) is 0 Å². The van der Waals surface area contributed by atoms with Gasteiger partial charge in [-0.25, -0.2) is 13.4 Å². The van der Waals surface area contributed by atoms with Crippen LogP contribution in [0.4, 0.5) is 0 Å². The smallest absolute Gasteiger partial charge is 0.243 e. The summed E-state index contributed by atoms with van der Waals surface area (Å²) >= 11 is 0. The van der Waals surface area contributed by atoms with Gasteiger partial charge in [-0.05, 0) is 62.1 Å². The normalized spacial score (nSPS) is 26.0. The average molecular weight is 419 g/mol. The predicted molar refractivity (Wildman–Crippen MR) is 116 cm³/mol. The van der Waals surface area contributed by atoms with E-state index < -0.39 is 10.0 Å². The maximum atomic E-state index is 12.7. The van der Waals surface area contributed by atoms with Gasteiger partial charge in [0.15, 0.2) is 5.96 Å². The first-order valence-electron chi connectivity index (χ1n) is 11.2. The van der Waals surface area contributed by atoms with Crippen LogP contribution in [0.1, 0.15) is 51.0 Å². The van der Waals surface area contributed by atoms with Crippen LogP contribution in [-0.2, 0) is 16.6 Å². The Balaban J connectivity index is 1.42. The summed E-state index contributed by atoms with van der Waals surface area (Å²) in [6.45, 7) is 7.04. The second-order valence-corrected chi connectivity index (χ2v) is 10.6. The molecule has 3 aliphatic rings. The minimum atomic E-state index is -3.34. The molecule has 6 nitrogen and oxygen atoms in total. The molecule has 0 spiro atoms. The van der Waals surface area contributed by atoms with Crippen LogP contribution in [-0.4, -0.2) is 56.3 Å². The largest absolute Gasteiger partial charge is 0.357 e. The van der Waals surface area contributed by atoms with E-state index in [2.05, 4.69) is 17.1 Å². The first-order valence-corrected chi connectivity index (χ1v) is 12.6. The molecule has 0 amide bonds. The Morgan fingerprint density at radius 3 is 2.24 bits per heavy atom. The second-order valence-electron chi connectivity index (χ2n) is 8.63. The number of aliphatic imine (C=N–C) groups is 1. The lowest BCUT2D eigenvalue weighted by atomic mass is 9.82. The molecule has 1 aromatic rings. The quantitative estimate of drug-likeness (QED) is 0.590. The average Bonchev–Trinajstić information content (AvgIpc) is 3.41. The highest BCUT2D eigenvalue weighted by Crippen LogP contribution is 2.36. The van der Waals surface area contributed by atoms with Crippen molar-refractivity contribution in [2.45, 2.75) is 56.9 Å². The van der Waals surface area contributed by atoms with Crippen molar-refractivity contribution in [1.29, 1.82) is 0 Å². The zero-order chi connectivity index (χ0) is 20.3. The Labute approximate surface area is 175 Å². The second kappa shape index (κ2) is 9.04. The number of fused-ring (bicyclic) bond motifs is 1. The zero-order valence-corrected chi connectivity index (χ0v) is 18.3. The van der Waals surface area contributed by atoms with Crippen molar-refractivity contribution in [2.24, 2.45) is 16.8 Å². The highest BCUT2D eigenvalue weighted by atomic mass is 32.2. The molecule has 2 atom stereocenters. The first-order chi connectivity index (χ1) is 14.1. The minimum absolute atomic E-state index is 0.391. The summed E-state index contributed by atoms with van der Waals surface area (Å²) < 4.78 is 26.9. The van der Waals surface area contributed by atoms with Crippen LogP contribution in [0.15, 0.2) is 34.2 Å². The van der Waals surface area contributed by atoms with Gasteiger partial charge in [0.05, 0.1) is 11.4 Å². The molecule has 0 aromatic heterocycles. The maximum absolute atomic E-state index is 12.7. The van der Waals surface area contributed by atoms with E-state index in [4.69, 9.17) is 4.99 Å². The topological polar surface area (TPSA) is 65.0 Å². The Morgan fingerprint density at radius 2 is 1.66 bits per heavy atom. The standard InChI is InChI=1S/C22H34N4O2S/c1-2-23-22(25-16-19-7-3-4-8-20(19)17-25)24-15-18-9-11-21(12-10-18)29(27,28)26-13-5-6-14-26/h9-12,19-20H,2-8,13-17H2,1H3,(H,23,24). The Morgan fingerprint density at radius 1 is 1.03 bits per heavy atom. The van der Waals surface area contributed by atoms with E-state index in [1.807, 2.05) is 12.1 Å². The van der Waals surface area contributed by atoms with Gasteiger partial charge in [0.2, 0.25) is 10.0 Å². The van der Waals surface area contributed by atoms with Crippen LogP contribution < -0.4 is 5.32 Å². The van der Waals surface area contributed by atoms with Gasteiger partial charge in [-0.1, -0.05) is 25.0 Å². The van der Waals surface area contributed by atoms with Gasteiger partial charge in [-0.15, -0.1) is 0 Å². The van der Waals surface area contributed by atoms with Crippen molar-refractivity contribution >= 4 is 16.0 Å². The van der Waals surface area contributed by atoms with Crippen LogP contribution in [0.25, 0.3) is 0 Å². The van der Waals surface area contributed by atoms with E-state index in [0.29, 0.717) is 24.5 Å². The molecule has 2 unspecified atom stereocenters. The SMILES string of the molecule is CCNC(=NCc1ccc(S(=O)(=O)N2CCCC2)cc1)N1CC2CCCCC2C1. The molecule has 4 rings (SSSR count). The van der Waals surface area contributed by atoms with Gasteiger partial charge in [0.1, 0.15) is 0 Å². The van der Waals surface area contributed by atoms with Crippen LogP contribution in [0.5, 0.6) is 0 Å². The van der Waals surface area contributed by atoms with Crippen molar-refractivity contribution in [3.8, 4) is 0 Å². The summed E-state index contributed by atoms with van der Waals surface area (Å²) in [5.74, 6) is 2.64. The highest BCUT2D eigenvalue weighted by Gasteiger charge is 2.35. The molecular formula is C22H34N4O2S. The van der Waals surface area contributed by atoms with Crippen LogP contribution in [0.2, 0.25) is 0 Å². The Bertz CT molecular complexity index is 802. The highest BCUT2D eigenvalue weighted by molar-refractivity contribution is 7.89. The molecule has 29 heavy (non-hydrogen) atoms. The lowest BCUT2D eigenvalue weighted by Crippen LogP contribution is -2.40. The van der Waals surface area contributed by atoms with Gasteiger partial charge in [0, 0.05) is 32.7 Å². The minimum Gasteiger partial charge on any atom is -0.357 e. The number of likely N-dealkylation sites (tertiary alicyclic amines) is 1. The molecule has 2 heterocycles. The number of guanidine groups is 1. The fourth-order valence-corrected chi connectivity index (χ4v) is 6.53. The molecule has 1 aromatic carbocycles. The van der Waals surface area contributed by atoms with E-state index >= 15 is 0 Å². The molecule has 0 radical (unpaired) electrons. The number of nitrogens with one attached hydrogen (secondary N) is 1. The van der Waals surface area contributed by atoms with Gasteiger partial charge in [-0.3, -0.25) is 0 Å². The molecule has 7 heteroatoms. The summed E-state index contributed by atoms with van der Waals surface area (Å²) in [6, 6.07) is 7.27. The fourth-order valence-electron chi connectivity index (χ4n) is 5.02. The number of nitrogens with zero attached hydrogens (tertiary/aromatic N) is 3. The van der Waals surface area contributed by atoms with Crippen molar-refractivity contribution in [1.82, 2.24) is 14.5 Å². The number of benzene rings is 1. The summed E-state index contributed by atoms with van der Waals surface area (Å²) in [5.41, 5.74) is 1.04. The number of rotatable bonds is 5. The predicted octanol–water partition coefficient (Wildman–Crippen LogP) is 3.06. The maximum Gasteiger partial charge on any atom is 0.243 e. The van der Waals surface area contributed by atoms with Gasteiger partial charge < -0.3 is 10.2 Å². The molecular weight excluding hydrogens is 384 g/mol. The summed E-state index contributed by atoms with van der Waals surface area (Å²) in [5, 5.41) is 3.45. The third kappa shape index (κ3) is 4.61. The summed E-state index contributed by atoms with van der Waals surface area (Å²) in [6.07, 6.45) is 7.36. The van der Waals surface area contributed by atoms with Crippen LogP contribution in [0.3, 0.4) is 0 Å². The molecule has 160 valence electrons. The fraction of sp³-hybridized carbons (Fsp3) is 0.682. The number of hydrogen-bond acceptors (Lipinski definition) is 3. The monoisotopic (exact) mass is 418 g/mol. The molecule has 0 bridgehead atoms.